The average Bonchev–Trinajstić information content (AvgIpc) is 2.85. The van der Waals surface area contributed by atoms with E-state index in [0.29, 0.717) is 26.1 Å². The van der Waals surface area contributed by atoms with Crippen molar-refractivity contribution >= 4 is 5.91 Å². The van der Waals surface area contributed by atoms with Crippen LogP contribution in [0.15, 0.2) is 29.1 Å². The molecule has 3 rings (SSSR count). The van der Waals surface area contributed by atoms with Crippen LogP contribution in [0.2, 0.25) is 0 Å². The molecule has 146 valence electrons. The molecule has 0 bridgehead atoms. The number of fused-ring (bicyclic) bond motifs is 1. The van der Waals surface area contributed by atoms with Gasteiger partial charge in [-0.05, 0) is 43.5 Å². The van der Waals surface area contributed by atoms with E-state index < -0.39 is 0 Å². The van der Waals surface area contributed by atoms with Crippen molar-refractivity contribution in [2.45, 2.75) is 45.2 Å². The number of amides is 1. The van der Waals surface area contributed by atoms with E-state index in [9.17, 15) is 9.59 Å². The highest BCUT2D eigenvalue weighted by molar-refractivity contribution is 5.75. The lowest BCUT2D eigenvalue weighted by Gasteiger charge is -2.08. The maximum absolute atomic E-state index is 12.3. The lowest BCUT2D eigenvalue weighted by molar-refractivity contribution is -0.121. The standard InChI is InChI=1S/C19H26N4O4/c1-26-15-7-9-16(10-8-15)27-13-5-11-20-18(24)14-23-19(25)22-12-4-2-3-6-17(22)21-23/h7-10H,2-6,11-14H2,1H3,(H,20,24). The molecule has 0 spiro atoms. The Labute approximate surface area is 158 Å². The summed E-state index contributed by atoms with van der Waals surface area (Å²) in [5.74, 6) is 2.11. The molecule has 1 aromatic carbocycles. The topological polar surface area (TPSA) is 87.4 Å². The first kappa shape index (κ1) is 19.0. The molecule has 1 amide bonds. The van der Waals surface area contributed by atoms with Crippen LogP contribution >= 0.6 is 0 Å². The molecule has 1 aliphatic heterocycles. The van der Waals surface area contributed by atoms with E-state index in [2.05, 4.69) is 10.4 Å². The summed E-state index contributed by atoms with van der Waals surface area (Å²) >= 11 is 0. The molecule has 1 aromatic heterocycles. The Morgan fingerprint density at radius 2 is 1.96 bits per heavy atom. The predicted molar refractivity (Wildman–Crippen MR) is 100 cm³/mol. The molecular formula is C19H26N4O4. The molecule has 0 unspecified atom stereocenters. The molecule has 0 fully saturated rings. The second-order valence-corrected chi connectivity index (χ2v) is 6.55. The highest BCUT2D eigenvalue weighted by Crippen LogP contribution is 2.16. The monoisotopic (exact) mass is 374 g/mol. The quantitative estimate of drug-likeness (QED) is 0.705. The highest BCUT2D eigenvalue weighted by Gasteiger charge is 2.16. The van der Waals surface area contributed by atoms with Gasteiger partial charge in [0.2, 0.25) is 5.91 Å². The van der Waals surface area contributed by atoms with Crippen LogP contribution in [0.5, 0.6) is 11.5 Å². The van der Waals surface area contributed by atoms with Crippen LogP contribution in [0.25, 0.3) is 0 Å². The molecule has 27 heavy (non-hydrogen) atoms. The number of benzene rings is 1. The van der Waals surface area contributed by atoms with Crippen molar-refractivity contribution in [2.75, 3.05) is 20.3 Å². The first-order valence-corrected chi connectivity index (χ1v) is 9.37. The minimum Gasteiger partial charge on any atom is -0.497 e. The Morgan fingerprint density at radius 3 is 2.74 bits per heavy atom. The van der Waals surface area contributed by atoms with Crippen molar-refractivity contribution in [1.82, 2.24) is 19.7 Å². The summed E-state index contributed by atoms with van der Waals surface area (Å²) in [6, 6.07) is 7.35. The van der Waals surface area contributed by atoms with E-state index in [-0.39, 0.29) is 18.1 Å². The van der Waals surface area contributed by atoms with Crippen LogP contribution in [-0.2, 0) is 24.3 Å². The predicted octanol–water partition coefficient (Wildman–Crippen LogP) is 1.37. The lowest BCUT2D eigenvalue weighted by Crippen LogP contribution is -2.34. The maximum Gasteiger partial charge on any atom is 0.346 e. The van der Waals surface area contributed by atoms with Crippen LogP contribution in [0.4, 0.5) is 0 Å². The van der Waals surface area contributed by atoms with Crippen LogP contribution in [-0.4, -0.2) is 40.5 Å². The van der Waals surface area contributed by atoms with Crippen molar-refractivity contribution in [1.29, 1.82) is 0 Å². The zero-order chi connectivity index (χ0) is 19.1. The van der Waals surface area contributed by atoms with Crippen LogP contribution < -0.4 is 20.5 Å². The van der Waals surface area contributed by atoms with Gasteiger partial charge in [-0.15, -0.1) is 0 Å². The number of nitrogens with zero attached hydrogens (tertiary/aromatic N) is 3. The van der Waals surface area contributed by atoms with Crippen molar-refractivity contribution in [2.24, 2.45) is 0 Å². The summed E-state index contributed by atoms with van der Waals surface area (Å²) in [4.78, 5) is 24.4. The van der Waals surface area contributed by atoms with Crippen molar-refractivity contribution in [3.05, 3.63) is 40.6 Å². The first-order chi connectivity index (χ1) is 13.2. The molecular weight excluding hydrogens is 348 g/mol. The normalized spacial score (nSPS) is 13.5. The fourth-order valence-corrected chi connectivity index (χ4v) is 3.08. The summed E-state index contributed by atoms with van der Waals surface area (Å²) < 4.78 is 13.7. The van der Waals surface area contributed by atoms with E-state index in [0.717, 1.165) is 43.0 Å². The SMILES string of the molecule is COc1ccc(OCCCNC(=O)Cn2nc3n(c2=O)CCCCC3)cc1. The number of rotatable bonds is 8. The highest BCUT2D eigenvalue weighted by atomic mass is 16.5. The fraction of sp³-hybridized carbons (Fsp3) is 0.526. The molecule has 8 heteroatoms. The van der Waals surface area contributed by atoms with Gasteiger partial charge < -0.3 is 14.8 Å². The van der Waals surface area contributed by atoms with E-state index in [1.165, 1.54) is 4.68 Å². The summed E-state index contributed by atoms with van der Waals surface area (Å²) in [6.07, 6.45) is 4.61. The minimum absolute atomic E-state index is 0.0435. The molecule has 1 N–H and O–H groups in total. The molecule has 0 radical (unpaired) electrons. The fourth-order valence-electron chi connectivity index (χ4n) is 3.08. The van der Waals surface area contributed by atoms with Gasteiger partial charge in [-0.2, -0.15) is 5.10 Å². The molecule has 8 nitrogen and oxygen atoms in total. The molecule has 2 heterocycles. The van der Waals surface area contributed by atoms with E-state index in [1.54, 1.807) is 11.7 Å². The van der Waals surface area contributed by atoms with Crippen LogP contribution in [0.3, 0.4) is 0 Å². The van der Waals surface area contributed by atoms with Gasteiger partial charge in [0.25, 0.3) is 0 Å². The van der Waals surface area contributed by atoms with Gasteiger partial charge in [0.15, 0.2) is 0 Å². The molecule has 1 aliphatic rings. The lowest BCUT2D eigenvalue weighted by atomic mass is 10.2. The zero-order valence-electron chi connectivity index (χ0n) is 15.6. The van der Waals surface area contributed by atoms with E-state index >= 15 is 0 Å². The molecule has 0 saturated carbocycles. The number of nitrogens with one attached hydrogen (secondary N) is 1. The summed E-state index contributed by atoms with van der Waals surface area (Å²) in [7, 11) is 1.62. The maximum atomic E-state index is 12.3. The second kappa shape index (κ2) is 9.25. The van der Waals surface area contributed by atoms with Crippen molar-refractivity contribution in [3.63, 3.8) is 0 Å². The Hall–Kier alpha value is -2.77. The van der Waals surface area contributed by atoms with Crippen LogP contribution in [0.1, 0.15) is 31.5 Å². The Morgan fingerprint density at radius 1 is 1.19 bits per heavy atom. The molecule has 0 aliphatic carbocycles. The van der Waals surface area contributed by atoms with Gasteiger partial charge in [-0.1, -0.05) is 6.42 Å². The Kier molecular flexibility index (Phi) is 6.51. The zero-order valence-corrected chi connectivity index (χ0v) is 15.6. The van der Waals surface area contributed by atoms with Gasteiger partial charge in [-0.25, -0.2) is 9.48 Å². The number of ether oxygens (including phenoxy) is 2. The number of carbonyl (C=O) groups excluding carboxylic acids is 1. The number of methoxy groups -OCH3 is 1. The molecule has 0 saturated heterocycles. The Balaban J connectivity index is 1.39. The van der Waals surface area contributed by atoms with E-state index in [4.69, 9.17) is 9.47 Å². The second-order valence-electron chi connectivity index (χ2n) is 6.55. The van der Waals surface area contributed by atoms with Gasteiger partial charge >= 0.3 is 5.69 Å². The number of carbonyl (C=O) groups is 1. The third kappa shape index (κ3) is 5.12. The summed E-state index contributed by atoms with van der Waals surface area (Å²) in [5, 5.41) is 7.13. The third-order valence-electron chi connectivity index (χ3n) is 4.55. The van der Waals surface area contributed by atoms with Gasteiger partial charge in [0.1, 0.15) is 23.9 Å². The smallest absolute Gasteiger partial charge is 0.346 e. The minimum atomic E-state index is -0.213. The molecule has 0 atom stereocenters. The Bertz CT molecular complexity index is 810. The average molecular weight is 374 g/mol. The van der Waals surface area contributed by atoms with Gasteiger partial charge in [-0.3, -0.25) is 9.36 Å². The summed E-state index contributed by atoms with van der Waals surface area (Å²) in [5.41, 5.74) is -0.190. The number of hydrogen-bond donors (Lipinski definition) is 1. The van der Waals surface area contributed by atoms with E-state index in [1.807, 2.05) is 24.3 Å². The summed E-state index contributed by atoms with van der Waals surface area (Å²) in [6.45, 7) is 1.62. The largest absolute Gasteiger partial charge is 0.497 e. The van der Waals surface area contributed by atoms with Crippen LogP contribution in [0, 0.1) is 0 Å². The first-order valence-electron chi connectivity index (χ1n) is 9.37. The number of aromatic nitrogens is 3. The van der Waals surface area contributed by atoms with Gasteiger partial charge in [0, 0.05) is 19.5 Å². The molecule has 2 aromatic rings. The number of aryl methyl sites for hydroxylation is 1. The van der Waals surface area contributed by atoms with Gasteiger partial charge in [0.05, 0.1) is 13.7 Å². The number of hydrogen-bond acceptors (Lipinski definition) is 5. The van der Waals surface area contributed by atoms with Crippen molar-refractivity contribution < 1.29 is 14.3 Å². The third-order valence-corrected chi connectivity index (χ3v) is 4.55. The van der Waals surface area contributed by atoms with Crippen molar-refractivity contribution in [3.8, 4) is 11.5 Å².